The van der Waals surface area contributed by atoms with Crippen molar-refractivity contribution in [3.8, 4) is 6.07 Å². The van der Waals surface area contributed by atoms with Gasteiger partial charge in [-0.3, -0.25) is 0 Å². The smallest absolute Gasteiger partial charge is 0.244 e. The van der Waals surface area contributed by atoms with Crippen molar-refractivity contribution in [3.05, 3.63) is 24.0 Å². The van der Waals surface area contributed by atoms with Crippen LogP contribution in [0.4, 0.5) is 0 Å². The van der Waals surface area contributed by atoms with Gasteiger partial charge in [0.05, 0.1) is 6.10 Å². The van der Waals surface area contributed by atoms with Crippen LogP contribution in [0.25, 0.3) is 0 Å². The van der Waals surface area contributed by atoms with E-state index in [-0.39, 0.29) is 28.5 Å². The second-order valence-electron chi connectivity index (χ2n) is 5.38. The van der Waals surface area contributed by atoms with Crippen LogP contribution < -0.4 is 0 Å². The minimum Gasteiger partial charge on any atom is -0.393 e. The van der Waals surface area contributed by atoms with Crippen LogP contribution in [0.1, 0.15) is 18.5 Å². The van der Waals surface area contributed by atoms with Gasteiger partial charge in [0, 0.05) is 25.2 Å². The molecule has 106 valence electrons. The molecule has 1 aliphatic heterocycles. The maximum Gasteiger partial charge on any atom is 0.244 e. The average molecular weight is 293 g/mol. The van der Waals surface area contributed by atoms with E-state index in [1.165, 1.54) is 22.6 Å². The van der Waals surface area contributed by atoms with Crippen LogP contribution >= 0.6 is 0 Å². The molecule has 1 saturated heterocycles. The molecule has 1 saturated carbocycles. The fraction of sp³-hybridized carbons (Fsp3) is 0.538. The van der Waals surface area contributed by atoms with Gasteiger partial charge < -0.3 is 5.11 Å². The van der Waals surface area contributed by atoms with E-state index in [0.29, 0.717) is 13.1 Å². The Kier molecular flexibility index (Phi) is 3.24. The van der Waals surface area contributed by atoms with Gasteiger partial charge in [-0.05, 0) is 30.9 Å². The van der Waals surface area contributed by atoms with Gasteiger partial charge in [0.1, 0.15) is 16.7 Å². The molecular weight excluding hydrogens is 278 g/mol. The van der Waals surface area contributed by atoms with Crippen molar-refractivity contribution < 1.29 is 13.5 Å². The molecule has 2 heterocycles. The Morgan fingerprint density at radius 2 is 2.15 bits per heavy atom. The quantitative estimate of drug-likeness (QED) is 0.848. The molecule has 6 nitrogen and oxygen atoms in total. The molecule has 20 heavy (non-hydrogen) atoms. The van der Waals surface area contributed by atoms with Crippen molar-refractivity contribution >= 4 is 10.0 Å². The number of pyridine rings is 1. The molecule has 3 atom stereocenters. The molecule has 0 amide bonds. The molecule has 0 radical (unpaired) electrons. The molecule has 2 aliphatic rings. The average Bonchev–Trinajstić information content (AvgIpc) is 3.02. The predicted molar refractivity (Wildman–Crippen MR) is 69.9 cm³/mol. The molecule has 3 rings (SSSR count). The number of aromatic nitrogens is 1. The first-order chi connectivity index (χ1) is 9.52. The topological polar surface area (TPSA) is 94.3 Å². The third-order valence-corrected chi connectivity index (χ3v) is 6.09. The van der Waals surface area contributed by atoms with E-state index >= 15 is 0 Å². The van der Waals surface area contributed by atoms with Gasteiger partial charge in [0.25, 0.3) is 0 Å². The molecule has 1 aliphatic carbocycles. The lowest BCUT2D eigenvalue weighted by atomic mass is 10.00. The minimum atomic E-state index is -3.58. The van der Waals surface area contributed by atoms with Gasteiger partial charge in [-0.15, -0.1) is 0 Å². The second kappa shape index (κ2) is 4.81. The number of nitriles is 1. The number of aliphatic hydroxyl groups excluding tert-OH is 1. The summed E-state index contributed by atoms with van der Waals surface area (Å²) in [6.45, 7) is 0.832. The minimum absolute atomic E-state index is 0.0520. The molecule has 1 N–H and O–H groups in total. The summed E-state index contributed by atoms with van der Waals surface area (Å²) in [6, 6.07) is 4.67. The van der Waals surface area contributed by atoms with Gasteiger partial charge >= 0.3 is 0 Å². The highest BCUT2D eigenvalue weighted by Gasteiger charge is 2.45. The molecule has 3 unspecified atom stereocenters. The summed E-state index contributed by atoms with van der Waals surface area (Å²) in [5.41, 5.74) is 0.192. The van der Waals surface area contributed by atoms with Crippen LogP contribution in [0.2, 0.25) is 0 Å². The summed E-state index contributed by atoms with van der Waals surface area (Å²) in [5, 5.41) is 18.5. The third kappa shape index (κ3) is 2.10. The number of hydrogen-bond donors (Lipinski definition) is 1. The zero-order valence-electron chi connectivity index (χ0n) is 10.8. The van der Waals surface area contributed by atoms with E-state index in [9.17, 15) is 13.5 Å². The summed E-state index contributed by atoms with van der Waals surface area (Å²) in [7, 11) is -3.58. The van der Waals surface area contributed by atoms with E-state index in [1.54, 1.807) is 0 Å². The standard InChI is InChI=1S/C13H15N3O3S/c14-5-10-2-3-11(6-15-10)20(18,19)16-7-9-1-4-13(17)12(9)8-16/h2-3,6,9,12-13,17H,1,4,7-8H2. The van der Waals surface area contributed by atoms with Crippen molar-refractivity contribution in [1.29, 1.82) is 5.26 Å². The van der Waals surface area contributed by atoms with Gasteiger partial charge in [-0.25, -0.2) is 13.4 Å². The zero-order chi connectivity index (χ0) is 14.3. The van der Waals surface area contributed by atoms with Crippen molar-refractivity contribution in [2.24, 2.45) is 11.8 Å². The van der Waals surface area contributed by atoms with Gasteiger partial charge in [-0.1, -0.05) is 0 Å². The Bertz CT molecular complexity index is 650. The van der Waals surface area contributed by atoms with E-state index in [0.717, 1.165) is 12.8 Å². The SMILES string of the molecule is N#Cc1ccc(S(=O)(=O)N2CC3CCC(O)C3C2)cn1. The fourth-order valence-electron chi connectivity index (χ4n) is 3.14. The van der Waals surface area contributed by atoms with Crippen molar-refractivity contribution in [1.82, 2.24) is 9.29 Å². The monoisotopic (exact) mass is 293 g/mol. The van der Waals surface area contributed by atoms with E-state index < -0.39 is 10.0 Å². The maximum atomic E-state index is 12.5. The number of aliphatic hydroxyl groups is 1. The maximum absolute atomic E-state index is 12.5. The lowest BCUT2D eigenvalue weighted by Crippen LogP contribution is -2.31. The Hall–Kier alpha value is -1.49. The van der Waals surface area contributed by atoms with Gasteiger partial charge in [0.15, 0.2) is 0 Å². The van der Waals surface area contributed by atoms with Crippen molar-refractivity contribution in [3.63, 3.8) is 0 Å². The number of rotatable bonds is 2. The number of fused-ring (bicyclic) bond motifs is 1. The number of nitrogens with zero attached hydrogens (tertiary/aromatic N) is 3. The van der Waals surface area contributed by atoms with Crippen LogP contribution in [-0.4, -0.2) is 42.0 Å². The lowest BCUT2D eigenvalue weighted by molar-refractivity contribution is 0.129. The Morgan fingerprint density at radius 3 is 2.75 bits per heavy atom. The van der Waals surface area contributed by atoms with Crippen molar-refractivity contribution in [2.75, 3.05) is 13.1 Å². The largest absolute Gasteiger partial charge is 0.393 e. The van der Waals surface area contributed by atoms with E-state index in [1.807, 2.05) is 6.07 Å². The molecule has 7 heteroatoms. The van der Waals surface area contributed by atoms with Crippen LogP contribution in [0.3, 0.4) is 0 Å². The first-order valence-electron chi connectivity index (χ1n) is 6.57. The highest BCUT2D eigenvalue weighted by atomic mass is 32.2. The summed E-state index contributed by atoms with van der Waals surface area (Å²) >= 11 is 0. The highest BCUT2D eigenvalue weighted by molar-refractivity contribution is 7.89. The zero-order valence-corrected chi connectivity index (χ0v) is 11.6. The summed E-state index contributed by atoms with van der Waals surface area (Å²) in [5.74, 6) is 0.308. The van der Waals surface area contributed by atoms with Crippen molar-refractivity contribution in [2.45, 2.75) is 23.8 Å². The van der Waals surface area contributed by atoms with Crippen LogP contribution in [-0.2, 0) is 10.0 Å². The highest BCUT2D eigenvalue weighted by Crippen LogP contribution is 2.39. The number of hydrogen-bond acceptors (Lipinski definition) is 5. The Balaban J connectivity index is 1.84. The normalized spacial score (nSPS) is 30.1. The van der Waals surface area contributed by atoms with Gasteiger partial charge in [0.2, 0.25) is 10.0 Å². The van der Waals surface area contributed by atoms with Crippen LogP contribution in [0.15, 0.2) is 23.2 Å². The predicted octanol–water partition coefficient (Wildman–Crippen LogP) is 0.345. The molecule has 2 fully saturated rings. The fourth-order valence-corrected chi connectivity index (χ4v) is 4.62. The summed E-state index contributed by atoms with van der Waals surface area (Å²) in [6.07, 6.45) is 2.48. The lowest BCUT2D eigenvalue weighted by Gasteiger charge is -2.18. The number of sulfonamides is 1. The Labute approximate surface area is 117 Å². The first kappa shape index (κ1) is 13.5. The van der Waals surface area contributed by atoms with E-state index in [4.69, 9.17) is 5.26 Å². The molecule has 0 spiro atoms. The molecular formula is C13H15N3O3S. The second-order valence-corrected chi connectivity index (χ2v) is 7.32. The van der Waals surface area contributed by atoms with Crippen LogP contribution in [0, 0.1) is 23.2 Å². The molecule has 1 aromatic heterocycles. The molecule has 1 aromatic rings. The molecule has 0 aromatic carbocycles. The van der Waals surface area contributed by atoms with Gasteiger partial charge in [-0.2, -0.15) is 9.57 Å². The Morgan fingerprint density at radius 1 is 1.35 bits per heavy atom. The first-order valence-corrected chi connectivity index (χ1v) is 8.01. The van der Waals surface area contributed by atoms with Crippen LogP contribution in [0.5, 0.6) is 0 Å². The third-order valence-electron chi connectivity index (χ3n) is 4.27. The van der Waals surface area contributed by atoms with E-state index in [2.05, 4.69) is 4.98 Å². The molecule has 0 bridgehead atoms. The summed E-state index contributed by atoms with van der Waals surface area (Å²) in [4.78, 5) is 3.91. The summed E-state index contributed by atoms with van der Waals surface area (Å²) < 4.78 is 26.4.